The minimum atomic E-state index is -0.873. The first-order valence-corrected chi connectivity index (χ1v) is 23.4. The number of hydrogen-bond donors (Lipinski definition) is 3. The van der Waals surface area contributed by atoms with Crippen LogP contribution in [0, 0.1) is 17.8 Å². The van der Waals surface area contributed by atoms with Crippen molar-refractivity contribution in [3.63, 3.8) is 0 Å². The molecule has 3 N–H and O–H groups in total. The maximum Gasteiger partial charge on any atom is 0.306 e. The van der Waals surface area contributed by atoms with Gasteiger partial charge in [0.2, 0.25) is 0 Å². The number of ether oxygens (including phenoxy) is 2. The van der Waals surface area contributed by atoms with Gasteiger partial charge in [-0.15, -0.1) is 0 Å². The number of Topliss-reactive ketones (excluding diaryl/α,β-unsaturated/α-hetero) is 1. The maximum atomic E-state index is 12.4. The molecule has 0 aromatic rings. The molecule has 0 amide bonds. The summed E-state index contributed by atoms with van der Waals surface area (Å²) in [5.74, 6) is -0.498. The zero-order valence-electron chi connectivity index (χ0n) is 36.3. The van der Waals surface area contributed by atoms with Crippen molar-refractivity contribution >= 4 is 17.7 Å². The highest BCUT2D eigenvalue weighted by Crippen LogP contribution is 2.33. The number of ketones is 1. The second-order valence-electron chi connectivity index (χ2n) is 16.9. The lowest BCUT2D eigenvalue weighted by Crippen LogP contribution is -2.28. The highest BCUT2D eigenvalue weighted by atomic mass is 16.6. The molecule has 0 heterocycles. The Hall–Kier alpha value is -2.03. The summed E-state index contributed by atoms with van der Waals surface area (Å²) in [6, 6.07) is 0. The molecule has 6 atom stereocenters. The number of esters is 2. The van der Waals surface area contributed by atoms with E-state index >= 15 is 0 Å². The van der Waals surface area contributed by atoms with Crippen molar-refractivity contribution in [3.05, 3.63) is 24.3 Å². The molecule has 56 heavy (non-hydrogen) atoms. The van der Waals surface area contributed by atoms with Gasteiger partial charge in [-0.1, -0.05) is 186 Å². The van der Waals surface area contributed by atoms with Gasteiger partial charge >= 0.3 is 11.9 Å². The van der Waals surface area contributed by atoms with Gasteiger partial charge in [0.05, 0.1) is 18.8 Å². The molecule has 8 heteroatoms. The predicted molar refractivity (Wildman–Crippen MR) is 229 cm³/mol. The van der Waals surface area contributed by atoms with E-state index in [-0.39, 0.29) is 37.1 Å². The van der Waals surface area contributed by atoms with Gasteiger partial charge in [0.25, 0.3) is 0 Å². The highest BCUT2D eigenvalue weighted by Gasteiger charge is 2.39. The number of carbonyl (C=O) groups excluding carboxylic acids is 3. The van der Waals surface area contributed by atoms with E-state index < -0.39 is 36.8 Å². The van der Waals surface area contributed by atoms with Gasteiger partial charge in [-0.3, -0.25) is 14.4 Å². The summed E-state index contributed by atoms with van der Waals surface area (Å²) in [6.07, 6.45) is 37.5. The zero-order valence-corrected chi connectivity index (χ0v) is 36.3. The van der Waals surface area contributed by atoms with Crippen LogP contribution in [0.4, 0.5) is 0 Å². The third-order valence-corrected chi connectivity index (χ3v) is 11.7. The van der Waals surface area contributed by atoms with Crippen LogP contribution in [0.5, 0.6) is 0 Å². The molecular weight excluding hydrogens is 705 g/mol. The second kappa shape index (κ2) is 36.1. The molecule has 326 valence electrons. The van der Waals surface area contributed by atoms with Crippen molar-refractivity contribution in [2.24, 2.45) is 17.8 Å². The SMILES string of the molecule is CCCCC[C@H](O)/C=C/[C@H]1C(=O)C[C@H](O)[C@@H]1C/C=C\CCCC(=O)O[C@@H](CO)COC(=O)CCCCCCCCCCCCCCCCCCCCC(C)CC. The predicted octanol–water partition coefficient (Wildman–Crippen LogP) is 11.5. The number of hydrogen-bond acceptors (Lipinski definition) is 8. The number of carbonyl (C=O) groups is 3. The second-order valence-corrected chi connectivity index (χ2v) is 16.9. The van der Waals surface area contributed by atoms with Gasteiger partial charge in [-0.2, -0.15) is 0 Å². The molecule has 0 radical (unpaired) electrons. The van der Waals surface area contributed by atoms with Crippen molar-refractivity contribution in [1.29, 1.82) is 0 Å². The van der Waals surface area contributed by atoms with Crippen LogP contribution in [-0.2, 0) is 23.9 Å². The topological polar surface area (TPSA) is 130 Å². The van der Waals surface area contributed by atoms with Crippen molar-refractivity contribution in [1.82, 2.24) is 0 Å². The number of aliphatic hydroxyl groups is 3. The molecule has 1 aliphatic rings. The molecule has 0 spiro atoms. The van der Waals surface area contributed by atoms with E-state index in [2.05, 4.69) is 20.8 Å². The highest BCUT2D eigenvalue weighted by molar-refractivity contribution is 5.86. The summed E-state index contributed by atoms with van der Waals surface area (Å²) in [4.78, 5) is 37.0. The minimum Gasteiger partial charge on any atom is -0.462 e. The van der Waals surface area contributed by atoms with Crippen LogP contribution in [0.3, 0.4) is 0 Å². The fraction of sp³-hybridized carbons (Fsp3) is 0.854. The molecule has 1 rings (SSSR count). The molecular formula is C48H86O8. The summed E-state index contributed by atoms with van der Waals surface area (Å²) in [7, 11) is 0. The van der Waals surface area contributed by atoms with Gasteiger partial charge in [-0.25, -0.2) is 0 Å². The molecule has 0 aliphatic heterocycles. The largest absolute Gasteiger partial charge is 0.462 e. The monoisotopic (exact) mass is 791 g/mol. The summed E-state index contributed by atoms with van der Waals surface area (Å²) >= 11 is 0. The Kier molecular flexibility index (Phi) is 33.5. The lowest BCUT2D eigenvalue weighted by Gasteiger charge is -2.17. The Morgan fingerprint density at radius 2 is 1.27 bits per heavy atom. The lowest BCUT2D eigenvalue weighted by molar-refractivity contribution is -0.161. The van der Waals surface area contributed by atoms with Crippen molar-refractivity contribution in [2.75, 3.05) is 13.2 Å². The summed E-state index contributed by atoms with van der Waals surface area (Å²) < 4.78 is 10.6. The third-order valence-electron chi connectivity index (χ3n) is 11.7. The van der Waals surface area contributed by atoms with Crippen LogP contribution in [0.15, 0.2) is 24.3 Å². The fourth-order valence-corrected chi connectivity index (χ4v) is 7.63. The third kappa shape index (κ3) is 28.4. The van der Waals surface area contributed by atoms with E-state index in [0.717, 1.165) is 44.4 Å². The van der Waals surface area contributed by atoms with Crippen molar-refractivity contribution < 1.29 is 39.2 Å². The molecule has 0 bridgehead atoms. The zero-order chi connectivity index (χ0) is 41.1. The van der Waals surface area contributed by atoms with Crippen LogP contribution in [0.1, 0.15) is 213 Å². The maximum absolute atomic E-state index is 12.4. The first kappa shape index (κ1) is 52.0. The molecule has 1 saturated carbocycles. The average Bonchev–Trinajstić information content (AvgIpc) is 3.46. The Labute approximate surface area is 343 Å². The number of rotatable bonds is 38. The van der Waals surface area contributed by atoms with Gasteiger partial charge in [0, 0.05) is 31.1 Å². The van der Waals surface area contributed by atoms with Crippen LogP contribution in [-0.4, -0.2) is 64.6 Å². The smallest absolute Gasteiger partial charge is 0.306 e. The Balaban J connectivity index is 2.01. The first-order chi connectivity index (χ1) is 27.2. The molecule has 8 nitrogen and oxygen atoms in total. The van der Waals surface area contributed by atoms with Crippen molar-refractivity contribution in [3.8, 4) is 0 Å². The number of allylic oxidation sites excluding steroid dienone is 3. The van der Waals surface area contributed by atoms with Crippen LogP contribution in [0.25, 0.3) is 0 Å². The quantitative estimate of drug-likeness (QED) is 0.0320. The van der Waals surface area contributed by atoms with Crippen LogP contribution < -0.4 is 0 Å². The Morgan fingerprint density at radius 3 is 1.82 bits per heavy atom. The number of unbranched alkanes of at least 4 members (excludes halogenated alkanes) is 20. The van der Waals surface area contributed by atoms with E-state index in [1.165, 1.54) is 109 Å². The number of aliphatic hydroxyl groups excluding tert-OH is 3. The molecule has 0 aromatic heterocycles. The Morgan fingerprint density at radius 1 is 0.732 bits per heavy atom. The summed E-state index contributed by atoms with van der Waals surface area (Å²) in [6.45, 7) is 6.23. The van der Waals surface area contributed by atoms with E-state index in [4.69, 9.17) is 9.47 Å². The van der Waals surface area contributed by atoms with Gasteiger partial charge in [0.15, 0.2) is 6.10 Å². The minimum absolute atomic E-state index is 0.000635. The van der Waals surface area contributed by atoms with Crippen LogP contribution >= 0.6 is 0 Å². The van der Waals surface area contributed by atoms with E-state index in [0.29, 0.717) is 32.1 Å². The molecule has 1 aliphatic carbocycles. The first-order valence-electron chi connectivity index (χ1n) is 23.4. The normalized spacial score (nSPS) is 18.9. The van der Waals surface area contributed by atoms with Crippen LogP contribution in [0.2, 0.25) is 0 Å². The summed E-state index contributed by atoms with van der Waals surface area (Å²) in [5.41, 5.74) is 0. The van der Waals surface area contributed by atoms with Gasteiger partial charge in [0.1, 0.15) is 12.4 Å². The van der Waals surface area contributed by atoms with E-state index in [1.54, 1.807) is 12.2 Å². The van der Waals surface area contributed by atoms with Gasteiger partial charge < -0.3 is 24.8 Å². The fourth-order valence-electron chi connectivity index (χ4n) is 7.63. The van der Waals surface area contributed by atoms with E-state index in [9.17, 15) is 29.7 Å². The standard InChI is InChI=1S/C48H86O8/c1-4-6-25-31-41(50)35-36-44-43(45(51)37-46(44)52)32-27-23-24-29-34-48(54)56-42(38-49)39-55-47(53)33-28-22-20-18-16-14-12-10-8-7-9-11-13-15-17-19-21-26-30-40(3)5-2/h23,27,35-36,40-45,49-51H,4-22,24-26,28-34,37-39H2,1-3H3/b27-23-,36-35+/t40?,41-,42-,43+,44+,45-/m0/s1. The Bertz CT molecular complexity index is 1020. The molecule has 0 saturated heterocycles. The average molecular weight is 791 g/mol. The van der Waals surface area contributed by atoms with Gasteiger partial charge in [-0.05, 0) is 38.0 Å². The summed E-state index contributed by atoms with van der Waals surface area (Å²) in [5, 5.41) is 30.3. The molecule has 1 fully saturated rings. The lowest BCUT2D eigenvalue weighted by atomic mass is 9.90. The van der Waals surface area contributed by atoms with Crippen molar-refractivity contribution in [2.45, 2.75) is 232 Å². The molecule has 1 unspecified atom stereocenters. The molecule has 0 aromatic carbocycles. The van der Waals surface area contributed by atoms with E-state index in [1.807, 2.05) is 12.2 Å².